The van der Waals surface area contributed by atoms with Crippen molar-refractivity contribution >= 4 is 11.7 Å². The first-order chi connectivity index (χ1) is 6.45. The Balaban J connectivity index is 3.41. The molecule has 0 atom stereocenters. The molecule has 0 bridgehead atoms. The molecule has 0 aliphatic carbocycles. The predicted octanol–water partition coefficient (Wildman–Crippen LogP) is 1.01. The molecule has 0 aromatic carbocycles. The van der Waals surface area contributed by atoms with Crippen LogP contribution in [-0.4, -0.2) is 21.2 Å². The highest BCUT2D eigenvalue weighted by Crippen LogP contribution is 2.31. The molecule has 0 unspecified atom stereocenters. The largest absolute Gasteiger partial charge is 0.505 e. The smallest absolute Gasteiger partial charge is 0.341 e. The van der Waals surface area contributed by atoms with Gasteiger partial charge in [-0.25, -0.2) is 18.6 Å². The molecule has 76 valence electrons. The van der Waals surface area contributed by atoms with E-state index in [2.05, 4.69) is 4.98 Å². The molecule has 1 aromatic heterocycles. The van der Waals surface area contributed by atoms with Gasteiger partial charge in [-0.3, -0.25) is 0 Å². The normalized spacial score (nSPS) is 10.5. The molecule has 0 amide bonds. The lowest BCUT2D eigenvalue weighted by Crippen LogP contribution is -2.06. The van der Waals surface area contributed by atoms with Gasteiger partial charge < -0.3 is 15.9 Å². The number of nitrogens with two attached hydrogens (primary N) is 1. The summed E-state index contributed by atoms with van der Waals surface area (Å²) in [6.45, 7) is 0. The monoisotopic (exact) mass is 204 g/mol. The predicted molar refractivity (Wildman–Crippen MR) is 42.2 cm³/mol. The average molecular weight is 204 g/mol. The van der Waals surface area contributed by atoms with Crippen molar-refractivity contribution < 1.29 is 23.8 Å². The lowest BCUT2D eigenvalue weighted by molar-refractivity contribution is 0.0693. The summed E-state index contributed by atoms with van der Waals surface area (Å²) in [5, 5.41) is 17.6. The van der Waals surface area contributed by atoms with E-state index in [1.54, 1.807) is 0 Å². The summed E-state index contributed by atoms with van der Waals surface area (Å²) < 4.78 is 24.3. The third-order valence-corrected chi connectivity index (χ3v) is 1.53. The van der Waals surface area contributed by atoms with Crippen molar-refractivity contribution in [3.8, 4) is 5.75 Å². The minimum atomic E-state index is -3.05. The summed E-state index contributed by atoms with van der Waals surface area (Å²) in [6.07, 6.45) is -2.28. The number of carbonyl (C=O) groups is 1. The first-order valence-electron chi connectivity index (χ1n) is 3.44. The Morgan fingerprint density at radius 3 is 2.57 bits per heavy atom. The highest BCUT2D eigenvalue weighted by Gasteiger charge is 2.23. The van der Waals surface area contributed by atoms with Crippen molar-refractivity contribution in [3.05, 3.63) is 17.5 Å². The highest BCUT2D eigenvalue weighted by molar-refractivity contribution is 5.96. The van der Waals surface area contributed by atoms with Crippen LogP contribution in [0.25, 0.3) is 0 Å². The standard InChI is InChI=1S/C7H6F2N2O3/c8-6(9)4-5(12)3(7(13)14)2(10)1-11-4/h1,6,12H,10H2,(H,13,14). The molecule has 0 saturated carbocycles. The summed E-state index contributed by atoms with van der Waals surface area (Å²) in [5.74, 6) is -2.67. The number of carboxylic acids is 1. The molecular formula is C7H6F2N2O3. The Morgan fingerprint density at radius 1 is 1.57 bits per heavy atom. The molecule has 1 rings (SSSR count). The number of alkyl halides is 2. The second-order valence-electron chi connectivity index (χ2n) is 2.43. The highest BCUT2D eigenvalue weighted by atomic mass is 19.3. The second kappa shape index (κ2) is 3.44. The van der Waals surface area contributed by atoms with Crippen molar-refractivity contribution in [3.63, 3.8) is 0 Å². The van der Waals surface area contributed by atoms with Gasteiger partial charge in [0.2, 0.25) is 0 Å². The number of carboxylic acid groups (broad SMARTS) is 1. The molecule has 1 aromatic rings. The van der Waals surface area contributed by atoms with Gasteiger partial charge in [-0.15, -0.1) is 0 Å². The van der Waals surface area contributed by atoms with Crippen LogP contribution < -0.4 is 5.73 Å². The number of rotatable bonds is 2. The zero-order valence-corrected chi connectivity index (χ0v) is 6.74. The van der Waals surface area contributed by atoms with Crippen LogP contribution in [0.1, 0.15) is 22.5 Å². The number of nitrogens with zero attached hydrogens (tertiary/aromatic N) is 1. The number of halogens is 2. The maximum atomic E-state index is 12.1. The SMILES string of the molecule is Nc1cnc(C(F)F)c(O)c1C(=O)O. The summed E-state index contributed by atoms with van der Waals surface area (Å²) >= 11 is 0. The van der Waals surface area contributed by atoms with Gasteiger partial charge in [0.1, 0.15) is 11.3 Å². The summed E-state index contributed by atoms with van der Waals surface area (Å²) in [6, 6.07) is 0. The Kier molecular flexibility index (Phi) is 2.50. The van der Waals surface area contributed by atoms with Gasteiger partial charge in [0.05, 0.1) is 11.9 Å². The Labute approximate surface area is 76.8 Å². The van der Waals surface area contributed by atoms with E-state index in [0.717, 1.165) is 6.20 Å². The van der Waals surface area contributed by atoms with Crippen molar-refractivity contribution in [2.24, 2.45) is 0 Å². The summed E-state index contributed by atoms with van der Waals surface area (Å²) in [7, 11) is 0. The summed E-state index contributed by atoms with van der Waals surface area (Å²) in [4.78, 5) is 13.6. The molecule has 0 fully saturated rings. The van der Waals surface area contributed by atoms with E-state index in [1.165, 1.54) is 0 Å². The van der Waals surface area contributed by atoms with Crippen LogP contribution >= 0.6 is 0 Å². The quantitative estimate of drug-likeness (QED) is 0.667. The average Bonchev–Trinajstić information content (AvgIpc) is 2.02. The maximum absolute atomic E-state index is 12.1. The molecule has 1 heterocycles. The molecular weight excluding hydrogens is 198 g/mol. The molecule has 7 heteroatoms. The second-order valence-corrected chi connectivity index (χ2v) is 2.43. The molecule has 0 aliphatic heterocycles. The van der Waals surface area contributed by atoms with Gasteiger partial charge in [0.25, 0.3) is 6.43 Å². The number of aromatic nitrogens is 1. The first-order valence-corrected chi connectivity index (χ1v) is 3.44. The maximum Gasteiger partial charge on any atom is 0.341 e. The topological polar surface area (TPSA) is 96.4 Å². The molecule has 0 aliphatic rings. The molecule has 4 N–H and O–H groups in total. The van der Waals surface area contributed by atoms with Crippen LogP contribution in [0.3, 0.4) is 0 Å². The number of aromatic carboxylic acids is 1. The van der Waals surface area contributed by atoms with Crippen LogP contribution in [0, 0.1) is 0 Å². The molecule has 14 heavy (non-hydrogen) atoms. The van der Waals surface area contributed by atoms with Crippen LogP contribution in [0.2, 0.25) is 0 Å². The van der Waals surface area contributed by atoms with E-state index in [0.29, 0.717) is 0 Å². The van der Waals surface area contributed by atoms with Gasteiger partial charge in [0.15, 0.2) is 5.75 Å². The van der Waals surface area contributed by atoms with Crippen LogP contribution in [0.15, 0.2) is 6.20 Å². The van der Waals surface area contributed by atoms with Gasteiger partial charge in [-0.1, -0.05) is 0 Å². The van der Waals surface area contributed by atoms with E-state index in [9.17, 15) is 13.6 Å². The van der Waals surface area contributed by atoms with E-state index in [4.69, 9.17) is 15.9 Å². The minimum Gasteiger partial charge on any atom is -0.505 e. The van der Waals surface area contributed by atoms with Crippen molar-refractivity contribution in [1.82, 2.24) is 4.98 Å². The third kappa shape index (κ3) is 1.56. The first kappa shape index (κ1) is 10.2. The van der Waals surface area contributed by atoms with Crippen molar-refractivity contribution in [1.29, 1.82) is 0 Å². The van der Waals surface area contributed by atoms with E-state index in [1.807, 2.05) is 0 Å². The van der Waals surface area contributed by atoms with E-state index in [-0.39, 0.29) is 5.69 Å². The van der Waals surface area contributed by atoms with Gasteiger partial charge in [0, 0.05) is 0 Å². The van der Waals surface area contributed by atoms with E-state index >= 15 is 0 Å². The molecule has 0 spiro atoms. The van der Waals surface area contributed by atoms with Crippen LogP contribution in [0.5, 0.6) is 5.75 Å². The fourth-order valence-electron chi connectivity index (χ4n) is 0.914. The number of hydrogen-bond donors (Lipinski definition) is 3. The fraction of sp³-hybridized carbons (Fsp3) is 0.143. The molecule has 0 saturated heterocycles. The Morgan fingerprint density at radius 2 is 2.14 bits per heavy atom. The van der Waals surface area contributed by atoms with Gasteiger partial charge >= 0.3 is 5.97 Å². The number of anilines is 1. The zero-order chi connectivity index (χ0) is 10.9. The Hall–Kier alpha value is -1.92. The number of aromatic hydroxyl groups is 1. The fourth-order valence-corrected chi connectivity index (χ4v) is 0.914. The zero-order valence-electron chi connectivity index (χ0n) is 6.74. The van der Waals surface area contributed by atoms with Crippen molar-refractivity contribution in [2.75, 3.05) is 5.73 Å². The Bertz CT molecular complexity index is 381. The van der Waals surface area contributed by atoms with Gasteiger partial charge in [-0.2, -0.15) is 0 Å². The molecule has 0 radical (unpaired) electrons. The number of hydrogen-bond acceptors (Lipinski definition) is 4. The third-order valence-electron chi connectivity index (χ3n) is 1.53. The minimum absolute atomic E-state index is 0.362. The van der Waals surface area contributed by atoms with Gasteiger partial charge in [-0.05, 0) is 0 Å². The summed E-state index contributed by atoms with van der Waals surface area (Å²) in [5.41, 5.74) is 3.04. The lowest BCUT2D eigenvalue weighted by Gasteiger charge is -2.07. The lowest BCUT2D eigenvalue weighted by atomic mass is 10.1. The van der Waals surface area contributed by atoms with E-state index < -0.39 is 29.4 Å². The van der Waals surface area contributed by atoms with Crippen LogP contribution in [0.4, 0.5) is 14.5 Å². The number of pyridine rings is 1. The van der Waals surface area contributed by atoms with Crippen molar-refractivity contribution in [2.45, 2.75) is 6.43 Å². The van der Waals surface area contributed by atoms with Crippen LogP contribution in [-0.2, 0) is 0 Å². The number of nitrogen functional groups attached to an aromatic ring is 1. The molecule has 5 nitrogen and oxygen atoms in total.